The number of hydrogen-bond acceptors (Lipinski definition) is 3. The molecule has 0 aliphatic carbocycles. The number of amides is 2. The second-order valence-corrected chi connectivity index (χ2v) is 4.19. The minimum atomic E-state index is -0.681. The largest absolute Gasteiger partial charge is 0.319 e. The maximum Gasteiger partial charge on any atom is 0.246 e. The Kier molecular flexibility index (Phi) is 2.94. The van der Waals surface area contributed by atoms with Gasteiger partial charge in [-0.3, -0.25) is 14.5 Å². The van der Waals surface area contributed by atoms with Gasteiger partial charge in [0.15, 0.2) is 0 Å². The van der Waals surface area contributed by atoms with E-state index in [2.05, 4.69) is 0 Å². The van der Waals surface area contributed by atoms with Gasteiger partial charge in [-0.2, -0.15) is 0 Å². The Balaban J connectivity index is 2.13. The summed E-state index contributed by atoms with van der Waals surface area (Å²) in [6.45, 7) is 0.266. The third-order valence-electron chi connectivity index (χ3n) is 2.53. The minimum absolute atomic E-state index is 0.104. The van der Waals surface area contributed by atoms with Crippen molar-refractivity contribution in [2.24, 2.45) is 5.73 Å². The van der Waals surface area contributed by atoms with Crippen molar-refractivity contribution in [1.29, 1.82) is 0 Å². The molecular formula is C11H11ClN2O2. The molecule has 0 aromatic heterocycles. The lowest BCUT2D eigenvalue weighted by atomic mass is 10.2. The summed E-state index contributed by atoms with van der Waals surface area (Å²) in [7, 11) is 0. The Hall–Kier alpha value is -1.39. The molecule has 1 atom stereocenters. The van der Waals surface area contributed by atoms with Crippen LogP contribution >= 0.6 is 11.6 Å². The molecule has 2 amide bonds. The third kappa shape index (κ3) is 2.08. The lowest BCUT2D eigenvalue weighted by Crippen LogP contribution is -2.34. The Morgan fingerprint density at radius 3 is 2.44 bits per heavy atom. The molecule has 0 radical (unpaired) electrons. The van der Waals surface area contributed by atoms with Crippen molar-refractivity contribution in [2.45, 2.75) is 19.0 Å². The lowest BCUT2D eigenvalue weighted by molar-refractivity contribution is -0.139. The summed E-state index contributed by atoms with van der Waals surface area (Å²) in [5, 5.41) is 0.625. The smallest absolute Gasteiger partial charge is 0.246 e. The van der Waals surface area contributed by atoms with Crippen LogP contribution in [0.15, 0.2) is 24.3 Å². The highest BCUT2D eigenvalue weighted by Crippen LogP contribution is 2.16. The molecule has 1 saturated heterocycles. The number of hydrogen-bond donors (Lipinski definition) is 1. The van der Waals surface area contributed by atoms with E-state index in [1.807, 2.05) is 0 Å². The van der Waals surface area contributed by atoms with Gasteiger partial charge in [0.1, 0.15) is 0 Å². The second-order valence-electron chi connectivity index (χ2n) is 3.76. The highest BCUT2D eigenvalue weighted by Gasteiger charge is 2.35. The van der Waals surface area contributed by atoms with Crippen LogP contribution in [0.2, 0.25) is 5.02 Å². The van der Waals surface area contributed by atoms with E-state index >= 15 is 0 Å². The van der Waals surface area contributed by atoms with Gasteiger partial charge in [-0.05, 0) is 17.7 Å². The number of nitrogens with zero attached hydrogens (tertiary/aromatic N) is 1. The van der Waals surface area contributed by atoms with E-state index < -0.39 is 6.04 Å². The number of carbonyl (C=O) groups is 2. The van der Waals surface area contributed by atoms with E-state index in [0.717, 1.165) is 5.56 Å². The molecular weight excluding hydrogens is 228 g/mol. The zero-order chi connectivity index (χ0) is 11.7. The van der Waals surface area contributed by atoms with Crippen LogP contribution in [0.3, 0.4) is 0 Å². The van der Waals surface area contributed by atoms with Crippen molar-refractivity contribution < 1.29 is 9.59 Å². The first kappa shape index (κ1) is 11.1. The number of carbonyl (C=O) groups excluding carboxylic acids is 2. The first-order valence-electron chi connectivity index (χ1n) is 4.92. The van der Waals surface area contributed by atoms with E-state index in [1.54, 1.807) is 24.3 Å². The quantitative estimate of drug-likeness (QED) is 0.780. The molecule has 5 heteroatoms. The van der Waals surface area contributed by atoms with E-state index in [4.69, 9.17) is 17.3 Å². The molecule has 4 nitrogen and oxygen atoms in total. The standard InChI is InChI=1S/C11H11ClN2O2/c12-8-3-1-7(2-4-8)6-14-10(15)5-9(13)11(14)16/h1-4,9H,5-6,13H2/t9-/m0/s1. The van der Waals surface area contributed by atoms with Crippen molar-refractivity contribution in [1.82, 2.24) is 4.90 Å². The zero-order valence-electron chi connectivity index (χ0n) is 8.52. The van der Waals surface area contributed by atoms with Crippen molar-refractivity contribution >= 4 is 23.4 Å². The minimum Gasteiger partial charge on any atom is -0.319 e. The van der Waals surface area contributed by atoms with Gasteiger partial charge in [0.25, 0.3) is 0 Å². The zero-order valence-corrected chi connectivity index (χ0v) is 9.28. The molecule has 1 fully saturated rings. The van der Waals surface area contributed by atoms with Gasteiger partial charge in [0.05, 0.1) is 19.0 Å². The molecule has 1 aromatic rings. The first-order chi connectivity index (χ1) is 7.58. The summed E-state index contributed by atoms with van der Waals surface area (Å²) < 4.78 is 0. The highest BCUT2D eigenvalue weighted by atomic mass is 35.5. The highest BCUT2D eigenvalue weighted by molar-refractivity contribution is 6.30. The Morgan fingerprint density at radius 1 is 1.31 bits per heavy atom. The fraction of sp³-hybridized carbons (Fsp3) is 0.273. The molecule has 16 heavy (non-hydrogen) atoms. The van der Waals surface area contributed by atoms with E-state index in [-0.39, 0.29) is 24.8 Å². The van der Waals surface area contributed by atoms with E-state index in [0.29, 0.717) is 5.02 Å². The lowest BCUT2D eigenvalue weighted by Gasteiger charge is -2.14. The monoisotopic (exact) mass is 238 g/mol. The van der Waals surface area contributed by atoms with E-state index in [9.17, 15) is 9.59 Å². The Labute approximate surface area is 98.0 Å². The normalized spacial score (nSPS) is 20.6. The number of nitrogens with two attached hydrogens (primary N) is 1. The van der Waals surface area contributed by atoms with Crippen molar-refractivity contribution in [2.75, 3.05) is 0 Å². The Bertz CT molecular complexity index is 430. The van der Waals surface area contributed by atoms with Gasteiger partial charge in [-0.1, -0.05) is 23.7 Å². The molecule has 2 N–H and O–H groups in total. The number of likely N-dealkylation sites (tertiary alicyclic amines) is 1. The molecule has 1 aliphatic rings. The fourth-order valence-corrected chi connectivity index (χ4v) is 1.77. The number of rotatable bonds is 2. The molecule has 0 unspecified atom stereocenters. The second kappa shape index (κ2) is 4.23. The van der Waals surface area contributed by atoms with Gasteiger partial charge < -0.3 is 5.73 Å². The van der Waals surface area contributed by atoms with Crippen LogP contribution in [0.5, 0.6) is 0 Å². The molecule has 2 rings (SSSR count). The number of halogens is 1. The Morgan fingerprint density at radius 2 is 1.94 bits per heavy atom. The molecule has 84 valence electrons. The number of imide groups is 1. The van der Waals surface area contributed by atoms with Gasteiger partial charge in [0.2, 0.25) is 11.8 Å². The summed E-state index contributed by atoms with van der Waals surface area (Å²) in [6.07, 6.45) is 0.104. The van der Waals surface area contributed by atoms with Crippen LogP contribution in [0.4, 0.5) is 0 Å². The summed E-state index contributed by atoms with van der Waals surface area (Å²) in [5.74, 6) is -0.521. The maximum atomic E-state index is 11.5. The summed E-state index contributed by atoms with van der Waals surface area (Å²) in [6, 6.07) is 6.34. The van der Waals surface area contributed by atoms with Crippen molar-refractivity contribution in [3.63, 3.8) is 0 Å². The van der Waals surface area contributed by atoms with Crippen LogP contribution in [0.25, 0.3) is 0 Å². The fourth-order valence-electron chi connectivity index (χ4n) is 1.65. The van der Waals surface area contributed by atoms with Gasteiger partial charge in [0, 0.05) is 5.02 Å². The van der Waals surface area contributed by atoms with Gasteiger partial charge in [-0.25, -0.2) is 0 Å². The number of benzene rings is 1. The van der Waals surface area contributed by atoms with Crippen LogP contribution < -0.4 is 5.73 Å². The maximum absolute atomic E-state index is 11.5. The molecule has 0 saturated carbocycles. The molecule has 1 aromatic carbocycles. The average molecular weight is 239 g/mol. The summed E-state index contributed by atoms with van der Waals surface area (Å²) in [5.41, 5.74) is 6.36. The van der Waals surface area contributed by atoms with Crippen LogP contribution in [0.1, 0.15) is 12.0 Å². The molecule has 0 spiro atoms. The summed E-state index contributed by atoms with van der Waals surface area (Å²) >= 11 is 5.74. The topological polar surface area (TPSA) is 63.4 Å². The van der Waals surface area contributed by atoms with Gasteiger partial charge >= 0.3 is 0 Å². The van der Waals surface area contributed by atoms with Crippen LogP contribution in [-0.2, 0) is 16.1 Å². The van der Waals surface area contributed by atoms with Crippen LogP contribution in [-0.4, -0.2) is 22.8 Å². The van der Waals surface area contributed by atoms with E-state index in [1.165, 1.54) is 4.90 Å². The molecule has 1 heterocycles. The van der Waals surface area contributed by atoms with Crippen molar-refractivity contribution in [3.8, 4) is 0 Å². The SMILES string of the molecule is N[C@H]1CC(=O)N(Cc2ccc(Cl)cc2)C1=O. The predicted molar refractivity (Wildman–Crippen MR) is 59.6 cm³/mol. The molecule has 0 bridgehead atoms. The molecule has 1 aliphatic heterocycles. The first-order valence-corrected chi connectivity index (χ1v) is 5.30. The van der Waals surface area contributed by atoms with Crippen LogP contribution in [0, 0.1) is 0 Å². The van der Waals surface area contributed by atoms with Gasteiger partial charge in [-0.15, -0.1) is 0 Å². The third-order valence-corrected chi connectivity index (χ3v) is 2.78. The summed E-state index contributed by atoms with van der Waals surface area (Å²) in [4.78, 5) is 24.2. The van der Waals surface area contributed by atoms with Crippen molar-refractivity contribution in [3.05, 3.63) is 34.9 Å². The average Bonchev–Trinajstić information content (AvgIpc) is 2.48. The predicted octanol–water partition coefficient (Wildman–Crippen LogP) is 0.926.